The fourth-order valence-corrected chi connectivity index (χ4v) is 3.69. The number of imidazole rings is 1. The lowest BCUT2D eigenvalue weighted by molar-refractivity contribution is -0.390. The zero-order chi connectivity index (χ0) is 22.8. The molecule has 0 aliphatic carbocycles. The van der Waals surface area contributed by atoms with Crippen LogP contribution in [0, 0.1) is 10.1 Å². The summed E-state index contributed by atoms with van der Waals surface area (Å²) in [6.07, 6.45) is 0.723. The van der Waals surface area contributed by atoms with Crippen LogP contribution in [0.5, 0.6) is 11.5 Å². The average Bonchev–Trinajstić information content (AvgIpc) is 3.33. The monoisotopic (exact) mass is 500 g/mol. The quantitative estimate of drug-likeness (QED) is 0.226. The Labute approximate surface area is 192 Å². The number of aromatic nitrogens is 3. The number of rotatable bonds is 8. The van der Waals surface area contributed by atoms with Crippen LogP contribution >= 0.6 is 15.9 Å². The molecule has 4 rings (SSSR count). The number of fused-ring (bicyclic) bond motifs is 1. The van der Waals surface area contributed by atoms with Crippen LogP contribution < -0.4 is 9.47 Å². The van der Waals surface area contributed by atoms with Gasteiger partial charge in [0.2, 0.25) is 0 Å². The molecule has 0 unspecified atom stereocenters. The number of halogens is 1. The van der Waals surface area contributed by atoms with Crippen LogP contribution in [0.4, 0.5) is 5.82 Å². The predicted molar refractivity (Wildman–Crippen MR) is 122 cm³/mol. The molecule has 32 heavy (non-hydrogen) atoms. The van der Waals surface area contributed by atoms with Gasteiger partial charge in [-0.15, -0.1) is 0 Å². The zero-order valence-electron chi connectivity index (χ0n) is 17.8. The van der Waals surface area contributed by atoms with E-state index in [1.165, 1.54) is 0 Å². The molecule has 0 saturated carbocycles. The number of aryl methyl sites for hydroxylation is 1. The SMILES string of the molecule is CCOc1cc(OCC)c(-c2nn3c([N+](=O)[O-])c(-c4ccc(Br)cc4)nc3o2)cc1CC. The Balaban J connectivity index is 1.87. The predicted octanol–water partition coefficient (Wildman–Crippen LogP) is 5.69. The van der Waals surface area contributed by atoms with Gasteiger partial charge < -0.3 is 24.0 Å². The first-order chi connectivity index (χ1) is 15.5. The van der Waals surface area contributed by atoms with Crippen LogP contribution in [-0.2, 0) is 6.42 Å². The van der Waals surface area contributed by atoms with E-state index in [9.17, 15) is 10.1 Å². The van der Waals surface area contributed by atoms with Gasteiger partial charge in [0.15, 0.2) is 5.69 Å². The minimum Gasteiger partial charge on any atom is -0.493 e. The van der Waals surface area contributed by atoms with Crippen molar-refractivity contribution in [3.63, 3.8) is 0 Å². The molecule has 2 heterocycles. The summed E-state index contributed by atoms with van der Waals surface area (Å²) in [5.74, 6) is 1.19. The van der Waals surface area contributed by atoms with Crippen LogP contribution in [0.3, 0.4) is 0 Å². The Morgan fingerprint density at radius 2 is 1.78 bits per heavy atom. The van der Waals surface area contributed by atoms with Gasteiger partial charge in [0, 0.05) is 16.1 Å². The second-order valence-electron chi connectivity index (χ2n) is 6.83. The number of hydrogen-bond donors (Lipinski definition) is 0. The van der Waals surface area contributed by atoms with Gasteiger partial charge in [0.1, 0.15) is 11.5 Å². The molecule has 0 fully saturated rings. The minimum absolute atomic E-state index is 0.0269. The molecule has 0 amide bonds. The molecule has 4 aromatic rings. The molecule has 0 bridgehead atoms. The second kappa shape index (κ2) is 8.99. The maximum atomic E-state index is 11.9. The highest BCUT2D eigenvalue weighted by atomic mass is 79.9. The first-order valence-electron chi connectivity index (χ1n) is 10.2. The van der Waals surface area contributed by atoms with Crippen molar-refractivity contribution in [1.82, 2.24) is 14.6 Å². The summed E-state index contributed by atoms with van der Waals surface area (Å²) in [5, 5.41) is 16.3. The van der Waals surface area contributed by atoms with Crippen molar-refractivity contribution in [1.29, 1.82) is 0 Å². The number of ether oxygens (including phenoxy) is 2. The van der Waals surface area contributed by atoms with Gasteiger partial charge >= 0.3 is 11.7 Å². The van der Waals surface area contributed by atoms with E-state index in [0.29, 0.717) is 30.1 Å². The highest BCUT2D eigenvalue weighted by Crippen LogP contribution is 2.38. The van der Waals surface area contributed by atoms with E-state index in [2.05, 4.69) is 26.0 Å². The Kier molecular flexibility index (Phi) is 6.13. The first kappa shape index (κ1) is 21.8. The summed E-state index contributed by atoms with van der Waals surface area (Å²) in [6, 6.07) is 10.7. The van der Waals surface area contributed by atoms with Crippen molar-refractivity contribution in [2.24, 2.45) is 0 Å². The van der Waals surface area contributed by atoms with Crippen molar-refractivity contribution < 1.29 is 18.8 Å². The van der Waals surface area contributed by atoms with Gasteiger partial charge in [-0.05, 0) is 58.6 Å². The summed E-state index contributed by atoms with van der Waals surface area (Å²) in [5.41, 5.74) is 2.31. The zero-order valence-corrected chi connectivity index (χ0v) is 19.4. The topological polar surface area (TPSA) is 105 Å². The third-order valence-electron chi connectivity index (χ3n) is 4.84. The van der Waals surface area contributed by atoms with Gasteiger partial charge in [0.25, 0.3) is 5.89 Å². The van der Waals surface area contributed by atoms with Gasteiger partial charge in [-0.25, -0.2) is 0 Å². The van der Waals surface area contributed by atoms with Gasteiger partial charge in [0.05, 0.1) is 18.8 Å². The van der Waals surface area contributed by atoms with Gasteiger partial charge in [-0.1, -0.05) is 35.0 Å². The molecular weight excluding hydrogens is 480 g/mol. The van der Waals surface area contributed by atoms with E-state index in [0.717, 1.165) is 26.7 Å². The molecule has 0 radical (unpaired) electrons. The maximum Gasteiger partial charge on any atom is 0.425 e. The molecule has 0 spiro atoms. The Morgan fingerprint density at radius 1 is 1.09 bits per heavy atom. The van der Waals surface area contributed by atoms with Crippen LogP contribution in [0.2, 0.25) is 0 Å². The lowest BCUT2D eigenvalue weighted by Crippen LogP contribution is -2.01. The molecule has 0 aliphatic rings. The summed E-state index contributed by atoms with van der Waals surface area (Å²) in [4.78, 5) is 15.7. The van der Waals surface area contributed by atoms with E-state index < -0.39 is 4.92 Å². The van der Waals surface area contributed by atoms with Crippen molar-refractivity contribution in [3.05, 3.63) is 56.5 Å². The number of nitro groups is 1. The Bertz CT molecular complexity index is 1280. The number of hydrogen-bond acceptors (Lipinski definition) is 7. The molecule has 2 aromatic carbocycles. The van der Waals surface area contributed by atoms with E-state index in [1.54, 1.807) is 30.3 Å². The molecule has 0 aliphatic heterocycles. The van der Waals surface area contributed by atoms with Crippen molar-refractivity contribution >= 4 is 27.6 Å². The van der Waals surface area contributed by atoms with Crippen LogP contribution in [0.15, 0.2) is 45.3 Å². The highest BCUT2D eigenvalue weighted by molar-refractivity contribution is 9.10. The smallest absolute Gasteiger partial charge is 0.425 e. The Hall–Kier alpha value is -3.40. The van der Waals surface area contributed by atoms with E-state index in [4.69, 9.17) is 13.9 Å². The summed E-state index contributed by atoms with van der Waals surface area (Å²) < 4.78 is 19.4. The lowest BCUT2D eigenvalue weighted by atomic mass is 10.1. The fraction of sp³-hybridized carbons (Fsp3) is 0.273. The molecule has 9 nitrogen and oxygen atoms in total. The average molecular weight is 501 g/mol. The maximum absolute atomic E-state index is 11.9. The molecule has 10 heteroatoms. The van der Waals surface area contributed by atoms with Crippen molar-refractivity contribution in [2.45, 2.75) is 27.2 Å². The third kappa shape index (κ3) is 3.93. The third-order valence-corrected chi connectivity index (χ3v) is 5.37. The highest BCUT2D eigenvalue weighted by Gasteiger charge is 2.30. The standard InChI is InChI=1S/C22H21BrN4O5/c1-4-13-11-16(18(31-6-3)12-17(13)30-5-2)20-25-26-21(27(28)29)19(24-22(26)32-20)14-7-9-15(23)10-8-14/h7-12H,4-6H2,1-3H3. The van der Waals surface area contributed by atoms with E-state index >= 15 is 0 Å². The summed E-state index contributed by atoms with van der Waals surface area (Å²) in [7, 11) is 0. The number of nitrogens with zero attached hydrogens (tertiary/aromatic N) is 4. The van der Waals surface area contributed by atoms with Crippen molar-refractivity contribution in [2.75, 3.05) is 13.2 Å². The van der Waals surface area contributed by atoms with Gasteiger partial charge in [-0.2, -0.15) is 4.98 Å². The number of benzene rings is 2. The molecule has 0 N–H and O–H groups in total. The van der Waals surface area contributed by atoms with Crippen molar-refractivity contribution in [3.8, 4) is 34.2 Å². The van der Waals surface area contributed by atoms with Crippen LogP contribution in [0.1, 0.15) is 26.3 Å². The largest absolute Gasteiger partial charge is 0.493 e. The van der Waals surface area contributed by atoms with E-state index in [1.807, 2.05) is 26.8 Å². The lowest BCUT2D eigenvalue weighted by Gasteiger charge is -2.14. The summed E-state index contributed by atoms with van der Waals surface area (Å²) >= 11 is 3.36. The summed E-state index contributed by atoms with van der Waals surface area (Å²) in [6.45, 7) is 6.75. The van der Waals surface area contributed by atoms with E-state index in [-0.39, 0.29) is 23.2 Å². The van der Waals surface area contributed by atoms with Crippen LogP contribution in [0.25, 0.3) is 28.6 Å². The molecule has 0 atom stereocenters. The molecular formula is C22H21BrN4O5. The molecule has 0 saturated heterocycles. The minimum atomic E-state index is -0.511. The first-order valence-corrected chi connectivity index (χ1v) is 11.0. The normalized spacial score (nSPS) is 11.1. The second-order valence-corrected chi connectivity index (χ2v) is 7.74. The molecule has 2 aromatic heterocycles. The fourth-order valence-electron chi connectivity index (χ4n) is 3.43. The van der Waals surface area contributed by atoms with Gasteiger partial charge in [-0.3, -0.25) is 0 Å². The van der Waals surface area contributed by atoms with Crippen LogP contribution in [-0.4, -0.2) is 32.7 Å². The Morgan fingerprint density at radius 3 is 2.41 bits per heavy atom. The molecule has 166 valence electrons.